The summed E-state index contributed by atoms with van der Waals surface area (Å²) >= 11 is 0. The van der Waals surface area contributed by atoms with Gasteiger partial charge in [0, 0.05) is 31.5 Å². The maximum atomic E-state index is 12.4. The van der Waals surface area contributed by atoms with Gasteiger partial charge in [0.15, 0.2) is 0 Å². The van der Waals surface area contributed by atoms with Crippen LogP contribution in [0.2, 0.25) is 0 Å². The van der Waals surface area contributed by atoms with Gasteiger partial charge in [0.2, 0.25) is 11.9 Å². The Morgan fingerprint density at radius 2 is 2.18 bits per heavy atom. The van der Waals surface area contributed by atoms with Crippen LogP contribution in [-0.4, -0.2) is 35.0 Å². The molecular formula is C17H28N4O. The van der Waals surface area contributed by atoms with Crippen molar-refractivity contribution in [1.82, 2.24) is 15.3 Å². The smallest absolute Gasteiger partial charge is 0.225 e. The predicted molar refractivity (Wildman–Crippen MR) is 88.7 cm³/mol. The monoisotopic (exact) mass is 304 g/mol. The van der Waals surface area contributed by atoms with Crippen molar-refractivity contribution in [2.24, 2.45) is 5.92 Å². The third-order valence-corrected chi connectivity index (χ3v) is 4.26. The zero-order valence-electron chi connectivity index (χ0n) is 13.8. The summed E-state index contributed by atoms with van der Waals surface area (Å²) in [7, 11) is 0. The van der Waals surface area contributed by atoms with Gasteiger partial charge in [-0.3, -0.25) is 4.79 Å². The van der Waals surface area contributed by atoms with Gasteiger partial charge >= 0.3 is 0 Å². The summed E-state index contributed by atoms with van der Waals surface area (Å²) < 4.78 is 0. The van der Waals surface area contributed by atoms with E-state index in [2.05, 4.69) is 34.0 Å². The second-order valence-electron chi connectivity index (χ2n) is 6.24. The fraction of sp³-hybridized carbons (Fsp3) is 0.706. The molecule has 1 aliphatic rings. The number of aromatic nitrogens is 2. The number of hydrogen-bond donors (Lipinski definition) is 1. The van der Waals surface area contributed by atoms with E-state index in [1.807, 2.05) is 6.07 Å². The molecule has 5 heteroatoms. The predicted octanol–water partition coefficient (Wildman–Crippen LogP) is 2.78. The van der Waals surface area contributed by atoms with Gasteiger partial charge in [0.1, 0.15) is 0 Å². The highest BCUT2D eigenvalue weighted by Crippen LogP contribution is 2.20. The van der Waals surface area contributed by atoms with Crippen LogP contribution in [0.1, 0.15) is 52.4 Å². The molecule has 1 aromatic heterocycles. The molecular weight excluding hydrogens is 276 g/mol. The Labute approximate surface area is 133 Å². The van der Waals surface area contributed by atoms with Crippen molar-refractivity contribution >= 4 is 11.9 Å². The fourth-order valence-corrected chi connectivity index (χ4v) is 2.96. The van der Waals surface area contributed by atoms with Crippen LogP contribution in [-0.2, 0) is 4.79 Å². The standard InChI is InChI=1S/C17H28N4O/c1-3-4-5-8-14(2)20-16(22)15-9-6-12-21(13-15)17-18-10-7-11-19-17/h7,10-11,14-15H,3-6,8-9,12-13H2,1-2H3,(H,20,22)/t14-,15+/m1/s1. The Bertz CT molecular complexity index is 451. The van der Waals surface area contributed by atoms with Crippen LogP contribution < -0.4 is 10.2 Å². The molecule has 0 radical (unpaired) electrons. The van der Waals surface area contributed by atoms with E-state index in [-0.39, 0.29) is 17.9 Å². The Morgan fingerprint density at radius 1 is 1.41 bits per heavy atom. The maximum absolute atomic E-state index is 12.4. The van der Waals surface area contributed by atoms with Crippen molar-refractivity contribution in [3.63, 3.8) is 0 Å². The summed E-state index contributed by atoms with van der Waals surface area (Å²) in [6, 6.07) is 2.08. The summed E-state index contributed by atoms with van der Waals surface area (Å²) in [4.78, 5) is 23.1. The van der Waals surface area contributed by atoms with Gasteiger partial charge in [0.05, 0.1) is 5.92 Å². The van der Waals surface area contributed by atoms with Crippen LogP contribution in [0.15, 0.2) is 18.5 Å². The van der Waals surface area contributed by atoms with Crippen molar-refractivity contribution < 1.29 is 4.79 Å². The minimum atomic E-state index is 0.0474. The molecule has 0 aliphatic carbocycles. The molecule has 5 nitrogen and oxygen atoms in total. The normalized spacial score (nSPS) is 19.7. The first-order valence-corrected chi connectivity index (χ1v) is 8.53. The largest absolute Gasteiger partial charge is 0.353 e. The van der Waals surface area contributed by atoms with Crippen LogP contribution in [0, 0.1) is 5.92 Å². The Morgan fingerprint density at radius 3 is 2.91 bits per heavy atom. The molecule has 0 spiro atoms. The van der Waals surface area contributed by atoms with E-state index >= 15 is 0 Å². The number of nitrogens with zero attached hydrogens (tertiary/aromatic N) is 3. The number of carbonyl (C=O) groups is 1. The Kier molecular flexibility index (Phi) is 6.62. The number of amides is 1. The second kappa shape index (κ2) is 8.71. The third kappa shape index (κ3) is 4.97. The van der Waals surface area contributed by atoms with Gasteiger partial charge in [-0.15, -0.1) is 0 Å². The van der Waals surface area contributed by atoms with E-state index in [0.29, 0.717) is 0 Å². The first kappa shape index (κ1) is 16.7. The molecule has 0 aromatic carbocycles. The molecule has 1 saturated heterocycles. The van der Waals surface area contributed by atoms with Gasteiger partial charge in [-0.25, -0.2) is 9.97 Å². The molecule has 1 fully saturated rings. The molecule has 2 rings (SSSR count). The first-order valence-electron chi connectivity index (χ1n) is 8.53. The first-order chi connectivity index (χ1) is 10.7. The molecule has 122 valence electrons. The van der Waals surface area contributed by atoms with E-state index < -0.39 is 0 Å². The summed E-state index contributed by atoms with van der Waals surface area (Å²) in [5.74, 6) is 0.965. The van der Waals surface area contributed by atoms with Gasteiger partial charge in [-0.05, 0) is 32.3 Å². The number of nitrogens with one attached hydrogen (secondary N) is 1. The lowest BCUT2D eigenvalue weighted by Gasteiger charge is -2.32. The van der Waals surface area contributed by atoms with E-state index in [4.69, 9.17) is 0 Å². The summed E-state index contributed by atoms with van der Waals surface area (Å²) in [5.41, 5.74) is 0. The van der Waals surface area contributed by atoms with Crippen molar-refractivity contribution in [2.45, 2.75) is 58.4 Å². The van der Waals surface area contributed by atoms with Crippen LogP contribution >= 0.6 is 0 Å². The molecule has 1 aliphatic heterocycles. The summed E-state index contributed by atoms with van der Waals surface area (Å²) in [6.45, 7) is 5.96. The van der Waals surface area contributed by atoms with Gasteiger partial charge in [0.25, 0.3) is 0 Å². The lowest BCUT2D eigenvalue weighted by Crippen LogP contribution is -2.45. The molecule has 1 N–H and O–H groups in total. The average molecular weight is 304 g/mol. The third-order valence-electron chi connectivity index (χ3n) is 4.26. The number of anilines is 1. The molecule has 0 bridgehead atoms. The fourth-order valence-electron chi connectivity index (χ4n) is 2.96. The zero-order valence-corrected chi connectivity index (χ0v) is 13.8. The van der Waals surface area contributed by atoms with Crippen LogP contribution in [0.5, 0.6) is 0 Å². The van der Waals surface area contributed by atoms with Crippen LogP contribution in [0.25, 0.3) is 0 Å². The lowest BCUT2D eigenvalue weighted by atomic mass is 9.96. The molecule has 2 atom stereocenters. The Hall–Kier alpha value is -1.65. The lowest BCUT2D eigenvalue weighted by molar-refractivity contribution is -0.125. The van der Waals surface area contributed by atoms with Crippen molar-refractivity contribution in [1.29, 1.82) is 0 Å². The maximum Gasteiger partial charge on any atom is 0.225 e. The molecule has 1 aromatic rings. The Balaban J connectivity index is 1.82. The topological polar surface area (TPSA) is 58.1 Å². The highest BCUT2D eigenvalue weighted by Gasteiger charge is 2.27. The number of unbranched alkanes of at least 4 members (excludes halogenated alkanes) is 2. The SMILES string of the molecule is CCCCC[C@@H](C)NC(=O)[C@H]1CCCN(c2ncccn2)C1. The molecule has 0 saturated carbocycles. The highest BCUT2D eigenvalue weighted by molar-refractivity contribution is 5.79. The van der Waals surface area contributed by atoms with E-state index in [9.17, 15) is 4.79 Å². The van der Waals surface area contributed by atoms with E-state index in [1.54, 1.807) is 12.4 Å². The zero-order chi connectivity index (χ0) is 15.8. The minimum absolute atomic E-state index is 0.0474. The van der Waals surface area contributed by atoms with Crippen molar-refractivity contribution in [2.75, 3.05) is 18.0 Å². The quantitative estimate of drug-likeness (QED) is 0.787. The van der Waals surface area contributed by atoms with Gasteiger partial charge in [-0.2, -0.15) is 0 Å². The molecule has 22 heavy (non-hydrogen) atoms. The minimum Gasteiger partial charge on any atom is -0.353 e. The van der Waals surface area contributed by atoms with Crippen molar-refractivity contribution in [3.8, 4) is 0 Å². The number of carbonyl (C=O) groups excluding carboxylic acids is 1. The molecule has 1 amide bonds. The van der Waals surface area contributed by atoms with Gasteiger partial charge in [-0.1, -0.05) is 26.2 Å². The van der Waals surface area contributed by atoms with Crippen LogP contribution in [0.4, 0.5) is 5.95 Å². The average Bonchev–Trinajstić information content (AvgIpc) is 2.56. The highest BCUT2D eigenvalue weighted by atomic mass is 16.2. The van der Waals surface area contributed by atoms with E-state index in [0.717, 1.165) is 38.3 Å². The number of piperidine rings is 1. The molecule has 0 unspecified atom stereocenters. The van der Waals surface area contributed by atoms with Gasteiger partial charge < -0.3 is 10.2 Å². The van der Waals surface area contributed by atoms with Crippen LogP contribution in [0.3, 0.4) is 0 Å². The van der Waals surface area contributed by atoms with E-state index in [1.165, 1.54) is 19.3 Å². The number of hydrogen-bond acceptors (Lipinski definition) is 4. The van der Waals surface area contributed by atoms with Crippen molar-refractivity contribution in [3.05, 3.63) is 18.5 Å². The summed E-state index contributed by atoms with van der Waals surface area (Å²) in [6.07, 6.45) is 10.2. The summed E-state index contributed by atoms with van der Waals surface area (Å²) in [5, 5.41) is 3.17. The second-order valence-corrected chi connectivity index (χ2v) is 6.24. The molecule has 2 heterocycles. The number of rotatable bonds is 7.